The Balaban J connectivity index is 1.95. The van der Waals surface area contributed by atoms with E-state index < -0.39 is 7.14 Å². The first-order valence-corrected chi connectivity index (χ1v) is 15.5. The van der Waals surface area contributed by atoms with E-state index in [1.54, 1.807) is 26.5 Å². The number of methoxy groups -OCH3 is 1. The molecule has 1 unspecified atom stereocenters. The number of carbonyl (C=O) groups excluding carboxylic acids is 1. The quantitative estimate of drug-likeness (QED) is 0.182. The van der Waals surface area contributed by atoms with Crippen LogP contribution in [0, 0.1) is 6.92 Å². The van der Waals surface area contributed by atoms with Crippen LogP contribution in [0.5, 0.6) is 5.75 Å². The van der Waals surface area contributed by atoms with Gasteiger partial charge in [-0.15, -0.1) is 0 Å². The van der Waals surface area contributed by atoms with Crippen molar-refractivity contribution >= 4 is 58.8 Å². The molecule has 1 atom stereocenters. The van der Waals surface area contributed by atoms with E-state index >= 15 is 0 Å². The normalized spacial score (nSPS) is 12.1. The maximum atomic E-state index is 12.8. The number of anilines is 5. The molecule has 3 rings (SSSR count). The molecule has 10 nitrogen and oxygen atoms in total. The summed E-state index contributed by atoms with van der Waals surface area (Å²) in [6.07, 6.45) is 2.39. The number of para-hydroxylation sites is 1. The van der Waals surface area contributed by atoms with Crippen LogP contribution in [0.2, 0.25) is 5.02 Å². The summed E-state index contributed by atoms with van der Waals surface area (Å²) in [6, 6.07) is 10.9. The maximum Gasteiger partial charge on any atom is 0.247 e. The third-order valence-electron chi connectivity index (χ3n) is 5.71. The molecule has 0 aliphatic heterocycles. The van der Waals surface area contributed by atoms with Crippen molar-refractivity contribution in [3.63, 3.8) is 0 Å². The van der Waals surface area contributed by atoms with Crippen LogP contribution in [0.1, 0.15) is 5.56 Å². The van der Waals surface area contributed by atoms with Crippen LogP contribution in [-0.2, 0) is 14.1 Å². The van der Waals surface area contributed by atoms with Crippen LogP contribution >= 0.6 is 18.7 Å². The summed E-state index contributed by atoms with van der Waals surface area (Å²) < 4.78 is 24.4. The van der Waals surface area contributed by atoms with E-state index in [2.05, 4.69) is 32.5 Å². The summed E-state index contributed by atoms with van der Waals surface area (Å²) in [5.74, 6) is 0.724. The minimum Gasteiger partial charge on any atom is -0.484 e. The summed E-state index contributed by atoms with van der Waals surface area (Å²) in [5.41, 5.74) is 2.56. The number of halogens is 1. The zero-order chi connectivity index (χ0) is 29.4. The molecule has 0 saturated carbocycles. The Morgan fingerprint density at radius 1 is 1.18 bits per heavy atom. The van der Waals surface area contributed by atoms with Gasteiger partial charge >= 0.3 is 0 Å². The highest BCUT2D eigenvalue weighted by Crippen LogP contribution is 2.39. The second kappa shape index (κ2) is 13.8. The zero-order valence-corrected chi connectivity index (χ0v) is 25.3. The van der Waals surface area contributed by atoms with E-state index in [4.69, 9.17) is 21.1 Å². The standard InChI is InChI=1S/C28H36ClN6O4P/c1-8-26(36)31-23-14-22(18(2)13-24(23)39-19(17-38-5)16-35(3)4)33-28-30-15-20(29)27(34-28)32-21-11-9-10-12-25(21)40(6,7)37/h8-15,19H,1,16-17H2,2-7H3,(H,31,36)(H2,30,32,33,34). The predicted molar refractivity (Wildman–Crippen MR) is 164 cm³/mol. The molecule has 0 radical (unpaired) electrons. The van der Waals surface area contributed by atoms with Crippen LogP contribution < -0.4 is 26.0 Å². The van der Waals surface area contributed by atoms with Gasteiger partial charge in [-0.1, -0.05) is 30.3 Å². The number of benzene rings is 2. The molecule has 214 valence electrons. The van der Waals surface area contributed by atoms with E-state index in [-0.39, 0.29) is 18.0 Å². The number of hydrogen-bond donors (Lipinski definition) is 3. The average Bonchev–Trinajstić information content (AvgIpc) is 2.88. The number of aryl methyl sites for hydroxylation is 1. The maximum absolute atomic E-state index is 12.8. The molecule has 0 bridgehead atoms. The largest absolute Gasteiger partial charge is 0.484 e. The number of likely N-dealkylation sites (N-methyl/N-ethyl adjacent to an activating group) is 1. The summed E-state index contributed by atoms with van der Waals surface area (Å²) in [4.78, 5) is 23.1. The van der Waals surface area contributed by atoms with Crippen molar-refractivity contribution in [3.05, 3.63) is 65.8 Å². The molecule has 3 aromatic rings. The Kier molecular flexibility index (Phi) is 10.7. The first-order chi connectivity index (χ1) is 18.9. The van der Waals surface area contributed by atoms with Crippen molar-refractivity contribution in [1.29, 1.82) is 0 Å². The van der Waals surface area contributed by atoms with E-state index in [0.29, 0.717) is 52.1 Å². The van der Waals surface area contributed by atoms with Gasteiger partial charge in [-0.05, 0) is 70.3 Å². The second-order valence-corrected chi connectivity index (χ2v) is 13.4. The lowest BCUT2D eigenvalue weighted by Gasteiger charge is -2.24. The fourth-order valence-electron chi connectivity index (χ4n) is 3.90. The fraction of sp³-hybridized carbons (Fsp3) is 0.321. The first kappa shape index (κ1) is 31.1. The number of aromatic nitrogens is 2. The van der Waals surface area contributed by atoms with Crippen LogP contribution in [0.25, 0.3) is 0 Å². The van der Waals surface area contributed by atoms with E-state index in [9.17, 15) is 9.36 Å². The minimum absolute atomic E-state index is 0.267. The minimum atomic E-state index is -2.56. The SMILES string of the molecule is C=CC(=O)Nc1cc(Nc2ncc(Cl)c(Nc3ccccc3P(C)(C)=O)n2)c(C)cc1OC(COC)CN(C)C. The highest BCUT2D eigenvalue weighted by Gasteiger charge is 2.19. The second-order valence-electron chi connectivity index (χ2n) is 9.82. The van der Waals surface area contributed by atoms with Crippen molar-refractivity contribution in [1.82, 2.24) is 14.9 Å². The Morgan fingerprint density at radius 2 is 1.90 bits per heavy atom. The van der Waals surface area contributed by atoms with Crippen molar-refractivity contribution in [2.45, 2.75) is 13.0 Å². The first-order valence-electron chi connectivity index (χ1n) is 12.5. The third-order valence-corrected chi connectivity index (χ3v) is 7.54. The van der Waals surface area contributed by atoms with Crippen LogP contribution in [0.4, 0.5) is 28.8 Å². The molecular formula is C28H36ClN6O4P. The number of ether oxygens (including phenoxy) is 2. The van der Waals surface area contributed by atoms with Gasteiger partial charge in [0.2, 0.25) is 11.9 Å². The molecule has 0 fully saturated rings. The molecule has 3 N–H and O–H groups in total. The molecular weight excluding hydrogens is 551 g/mol. The smallest absolute Gasteiger partial charge is 0.247 e. The molecule has 1 amide bonds. The molecule has 1 heterocycles. The third kappa shape index (κ3) is 8.53. The average molecular weight is 587 g/mol. The molecule has 2 aromatic carbocycles. The lowest BCUT2D eigenvalue weighted by atomic mass is 10.1. The Bertz CT molecular complexity index is 1410. The van der Waals surface area contributed by atoms with Crippen LogP contribution in [-0.4, -0.2) is 74.6 Å². The van der Waals surface area contributed by atoms with Gasteiger partial charge in [0, 0.05) is 24.6 Å². The van der Waals surface area contributed by atoms with E-state index in [1.807, 2.05) is 56.3 Å². The molecule has 0 aliphatic carbocycles. The summed E-state index contributed by atoms with van der Waals surface area (Å²) in [7, 11) is 2.95. The van der Waals surface area contributed by atoms with E-state index in [1.165, 1.54) is 12.3 Å². The molecule has 0 aliphatic rings. The van der Waals surface area contributed by atoms with Gasteiger partial charge in [0.05, 0.1) is 24.2 Å². The highest BCUT2D eigenvalue weighted by atomic mass is 35.5. The predicted octanol–water partition coefficient (Wildman–Crippen LogP) is 5.25. The molecule has 1 aromatic heterocycles. The fourth-order valence-corrected chi connectivity index (χ4v) is 5.20. The van der Waals surface area contributed by atoms with Crippen molar-refractivity contribution < 1.29 is 18.8 Å². The highest BCUT2D eigenvalue weighted by molar-refractivity contribution is 7.70. The van der Waals surface area contributed by atoms with Crippen molar-refractivity contribution in [2.24, 2.45) is 0 Å². The number of nitrogens with one attached hydrogen (secondary N) is 3. The number of rotatable bonds is 13. The Hall–Kier alpha value is -3.43. The number of amides is 1. The zero-order valence-electron chi connectivity index (χ0n) is 23.6. The molecule has 0 saturated heterocycles. The van der Waals surface area contributed by atoms with Gasteiger partial charge in [0.25, 0.3) is 0 Å². The van der Waals surface area contributed by atoms with Gasteiger partial charge < -0.3 is 34.9 Å². The lowest BCUT2D eigenvalue weighted by molar-refractivity contribution is -0.111. The van der Waals surface area contributed by atoms with Gasteiger partial charge in [-0.3, -0.25) is 4.79 Å². The number of nitrogens with zero attached hydrogens (tertiary/aromatic N) is 3. The van der Waals surface area contributed by atoms with Crippen LogP contribution in [0.15, 0.2) is 55.3 Å². The molecule has 12 heteroatoms. The van der Waals surface area contributed by atoms with Crippen molar-refractivity contribution in [3.8, 4) is 5.75 Å². The van der Waals surface area contributed by atoms with Gasteiger partial charge in [0.1, 0.15) is 24.0 Å². The Labute approximate surface area is 240 Å². The van der Waals surface area contributed by atoms with Crippen molar-refractivity contribution in [2.75, 3.05) is 63.6 Å². The summed E-state index contributed by atoms with van der Waals surface area (Å²) in [5, 5.41) is 10.2. The molecule has 0 spiro atoms. The Morgan fingerprint density at radius 3 is 2.55 bits per heavy atom. The van der Waals surface area contributed by atoms with Crippen LogP contribution in [0.3, 0.4) is 0 Å². The topological polar surface area (TPSA) is 118 Å². The van der Waals surface area contributed by atoms with Gasteiger partial charge in [-0.25, -0.2) is 4.98 Å². The van der Waals surface area contributed by atoms with E-state index in [0.717, 1.165) is 5.56 Å². The van der Waals surface area contributed by atoms with Gasteiger partial charge in [-0.2, -0.15) is 4.98 Å². The number of carbonyl (C=O) groups is 1. The van der Waals surface area contributed by atoms with Gasteiger partial charge in [0.15, 0.2) is 5.82 Å². The summed E-state index contributed by atoms with van der Waals surface area (Å²) >= 11 is 6.40. The monoisotopic (exact) mass is 586 g/mol. The summed E-state index contributed by atoms with van der Waals surface area (Å²) in [6.45, 7) is 9.85. The number of hydrogen-bond acceptors (Lipinski definition) is 9. The lowest BCUT2D eigenvalue weighted by Crippen LogP contribution is -2.34. The molecule has 40 heavy (non-hydrogen) atoms.